The lowest BCUT2D eigenvalue weighted by molar-refractivity contribution is 0.0949. The van der Waals surface area contributed by atoms with E-state index in [2.05, 4.69) is 41.6 Å². The number of carbonyl (C=O) groups is 1. The van der Waals surface area contributed by atoms with Gasteiger partial charge in [-0.15, -0.1) is 36.2 Å². The third-order valence-electron chi connectivity index (χ3n) is 3.05. The van der Waals surface area contributed by atoms with E-state index in [-0.39, 0.29) is 30.7 Å². The van der Waals surface area contributed by atoms with Gasteiger partial charge in [-0.05, 0) is 19.9 Å². The first-order valence-corrected chi connectivity index (χ1v) is 8.10. The summed E-state index contributed by atoms with van der Waals surface area (Å²) in [5.74, 6) is -0.108. The molecule has 0 fully saturated rings. The Hall–Kier alpha value is -1.14. The van der Waals surface area contributed by atoms with Crippen molar-refractivity contribution in [1.82, 2.24) is 15.6 Å². The molecule has 0 spiro atoms. The molecule has 0 aliphatic rings. The van der Waals surface area contributed by atoms with Crippen LogP contribution in [-0.2, 0) is 0 Å². The Morgan fingerprint density at radius 2 is 1.83 bits per heavy atom. The molecule has 0 aliphatic carbocycles. The van der Waals surface area contributed by atoms with Crippen molar-refractivity contribution < 1.29 is 4.79 Å². The smallest absolute Gasteiger partial charge is 0.270 e. The summed E-state index contributed by atoms with van der Waals surface area (Å²) in [5.41, 5.74) is 2.76. The summed E-state index contributed by atoms with van der Waals surface area (Å²) < 4.78 is 0. The molecular weight excluding hydrogens is 353 g/mol. The summed E-state index contributed by atoms with van der Waals surface area (Å²) in [5, 5.41) is 8.81. The molecule has 0 unspecified atom stereocenters. The van der Waals surface area contributed by atoms with Crippen LogP contribution in [0.1, 0.15) is 29.4 Å². The molecule has 0 bridgehead atoms. The normalized spacial score (nSPS) is 9.65. The van der Waals surface area contributed by atoms with Crippen LogP contribution in [0.3, 0.4) is 0 Å². The predicted octanol–water partition coefficient (Wildman–Crippen LogP) is 3.69. The molecule has 1 heterocycles. The van der Waals surface area contributed by atoms with Crippen LogP contribution in [0.25, 0.3) is 10.6 Å². The van der Waals surface area contributed by atoms with E-state index < -0.39 is 0 Å². The number of carbonyl (C=O) groups excluding carboxylic acids is 1. The van der Waals surface area contributed by atoms with Gasteiger partial charge in [0.15, 0.2) is 0 Å². The maximum atomic E-state index is 12.0. The number of benzene rings is 1. The predicted molar refractivity (Wildman–Crippen MR) is 102 cm³/mol. The van der Waals surface area contributed by atoms with E-state index in [1.54, 1.807) is 0 Å². The average Bonchev–Trinajstić information content (AvgIpc) is 2.97. The highest BCUT2D eigenvalue weighted by Crippen LogP contribution is 2.23. The number of rotatable bonds is 7. The van der Waals surface area contributed by atoms with E-state index in [1.807, 2.05) is 17.5 Å². The number of amides is 1. The molecule has 0 aliphatic heterocycles. The van der Waals surface area contributed by atoms with Gasteiger partial charge in [-0.2, -0.15) is 0 Å². The van der Waals surface area contributed by atoms with Gasteiger partial charge in [-0.25, -0.2) is 4.98 Å². The number of nitrogens with zero attached hydrogens (tertiary/aromatic N) is 1. The van der Waals surface area contributed by atoms with E-state index in [0.29, 0.717) is 12.2 Å². The fourth-order valence-corrected chi connectivity index (χ4v) is 2.67. The molecule has 1 amide bonds. The summed E-state index contributed by atoms with van der Waals surface area (Å²) in [4.78, 5) is 16.4. The highest BCUT2D eigenvalue weighted by Gasteiger charge is 2.11. The first-order chi connectivity index (χ1) is 10.2. The van der Waals surface area contributed by atoms with E-state index in [0.717, 1.165) is 30.1 Å². The van der Waals surface area contributed by atoms with Crippen molar-refractivity contribution in [3.63, 3.8) is 0 Å². The second kappa shape index (κ2) is 11.4. The van der Waals surface area contributed by atoms with E-state index in [4.69, 9.17) is 0 Å². The third kappa shape index (κ3) is 6.87. The minimum Gasteiger partial charge on any atom is -0.349 e. The van der Waals surface area contributed by atoms with Crippen molar-refractivity contribution >= 4 is 42.1 Å². The Bertz CT molecular complexity index is 587. The van der Waals surface area contributed by atoms with Crippen LogP contribution in [0.5, 0.6) is 0 Å². The number of hydrogen-bond donors (Lipinski definition) is 2. The lowest BCUT2D eigenvalue weighted by Crippen LogP contribution is -2.32. The number of nitrogens with one attached hydrogen (secondary N) is 2. The minimum atomic E-state index is -0.108. The van der Waals surface area contributed by atoms with Gasteiger partial charge in [0.1, 0.15) is 10.7 Å². The Morgan fingerprint density at radius 3 is 2.48 bits per heavy atom. The van der Waals surface area contributed by atoms with Crippen molar-refractivity contribution in [3.8, 4) is 10.6 Å². The molecule has 23 heavy (non-hydrogen) atoms. The molecule has 2 rings (SSSR count). The zero-order valence-corrected chi connectivity index (χ0v) is 15.7. The van der Waals surface area contributed by atoms with Crippen molar-refractivity contribution in [2.45, 2.75) is 20.3 Å². The number of thiazole rings is 1. The molecule has 0 atom stereocenters. The SMILES string of the molecule is CCCNCCNC(=O)c1csc(-c2ccc(C)cc2)n1.Cl.Cl. The van der Waals surface area contributed by atoms with E-state index >= 15 is 0 Å². The van der Waals surface area contributed by atoms with Gasteiger partial charge in [-0.1, -0.05) is 36.8 Å². The van der Waals surface area contributed by atoms with Gasteiger partial charge in [0, 0.05) is 24.0 Å². The molecule has 4 nitrogen and oxygen atoms in total. The lowest BCUT2D eigenvalue weighted by atomic mass is 10.2. The number of aryl methyl sites for hydroxylation is 1. The van der Waals surface area contributed by atoms with E-state index in [1.165, 1.54) is 16.9 Å². The average molecular weight is 376 g/mol. The molecule has 128 valence electrons. The topological polar surface area (TPSA) is 54.0 Å². The number of halogens is 2. The standard InChI is InChI=1S/C16H21N3OS.2ClH/c1-3-8-17-9-10-18-15(20)14-11-21-16(19-14)13-6-4-12(2)5-7-13;;/h4-7,11,17H,3,8-10H2,1-2H3,(H,18,20);2*1H. The Morgan fingerprint density at radius 1 is 1.13 bits per heavy atom. The second-order valence-electron chi connectivity index (χ2n) is 4.91. The van der Waals surface area contributed by atoms with Crippen LogP contribution < -0.4 is 10.6 Å². The van der Waals surface area contributed by atoms with Crippen LogP contribution >= 0.6 is 36.2 Å². The van der Waals surface area contributed by atoms with Crippen molar-refractivity contribution in [2.24, 2.45) is 0 Å². The monoisotopic (exact) mass is 375 g/mol. The fraction of sp³-hybridized carbons (Fsp3) is 0.375. The highest BCUT2D eigenvalue weighted by molar-refractivity contribution is 7.13. The lowest BCUT2D eigenvalue weighted by Gasteiger charge is -2.04. The molecule has 1 aromatic heterocycles. The largest absolute Gasteiger partial charge is 0.349 e. The van der Waals surface area contributed by atoms with E-state index in [9.17, 15) is 4.79 Å². The van der Waals surface area contributed by atoms with Crippen molar-refractivity contribution in [3.05, 3.63) is 40.9 Å². The summed E-state index contributed by atoms with van der Waals surface area (Å²) >= 11 is 1.50. The highest BCUT2D eigenvalue weighted by atomic mass is 35.5. The first-order valence-electron chi connectivity index (χ1n) is 7.22. The second-order valence-corrected chi connectivity index (χ2v) is 5.77. The summed E-state index contributed by atoms with van der Waals surface area (Å²) in [6.45, 7) is 6.56. The van der Waals surface area contributed by atoms with Gasteiger partial charge >= 0.3 is 0 Å². The summed E-state index contributed by atoms with van der Waals surface area (Å²) in [6, 6.07) is 8.17. The number of hydrogen-bond acceptors (Lipinski definition) is 4. The maximum absolute atomic E-state index is 12.0. The van der Waals surface area contributed by atoms with Crippen LogP contribution in [-0.4, -0.2) is 30.5 Å². The Balaban J connectivity index is 0.00000242. The molecule has 0 saturated carbocycles. The third-order valence-corrected chi connectivity index (χ3v) is 3.94. The van der Waals surface area contributed by atoms with Crippen LogP contribution in [0.15, 0.2) is 29.6 Å². The van der Waals surface area contributed by atoms with Gasteiger partial charge in [-0.3, -0.25) is 4.79 Å². The first kappa shape index (κ1) is 21.9. The summed E-state index contributed by atoms with van der Waals surface area (Å²) in [7, 11) is 0. The molecule has 0 radical (unpaired) electrons. The molecular formula is C16H23Cl2N3OS. The molecule has 1 aromatic carbocycles. The van der Waals surface area contributed by atoms with Crippen LogP contribution in [0.2, 0.25) is 0 Å². The molecule has 2 aromatic rings. The zero-order chi connectivity index (χ0) is 15.1. The zero-order valence-electron chi connectivity index (χ0n) is 13.3. The minimum absolute atomic E-state index is 0. The molecule has 7 heteroatoms. The van der Waals surface area contributed by atoms with Gasteiger partial charge < -0.3 is 10.6 Å². The van der Waals surface area contributed by atoms with Gasteiger partial charge in [0.25, 0.3) is 5.91 Å². The quantitative estimate of drug-likeness (QED) is 0.725. The van der Waals surface area contributed by atoms with Crippen LogP contribution in [0, 0.1) is 6.92 Å². The Labute approximate surface area is 153 Å². The summed E-state index contributed by atoms with van der Waals surface area (Å²) in [6.07, 6.45) is 1.10. The van der Waals surface area contributed by atoms with Crippen LogP contribution in [0.4, 0.5) is 0 Å². The van der Waals surface area contributed by atoms with Crippen molar-refractivity contribution in [1.29, 1.82) is 0 Å². The van der Waals surface area contributed by atoms with Gasteiger partial charge in [0.2, 0.25) is 0 Å². The molecule has 0 saturated heterocycles. The molecule has 2 N–H and O–H groups in total. The Kier molecular flexibility index (Phi) is 10.8. The van der Waals surface area contributed by atoms with Gasteiger partial charge in [0.05, 0.1) is 0 Å². The maximum Gasteiger partial charge on any atom is 0.270 e. The number of aromatic nitrogens is 1. The van der Waals surface area contributed by atoms with Crippen molar-refractivity contribution in [2.75, 3.05) is 19.6 Å². The fourth-order valence-electron chi connectivity index (χ4n) is 1.86.